The zero-order valence-corrected chi connectivity index (χ0v) is 13.4. The number of ether oxygens (including phenoxy) is 2. The minimum absolute atomic E-state index is 0.00149. The molecule has 0 spiro atoms. The van der Waals surface area contributed by atoms with Gasteiger partial charge in [-0.1, -0.05) is 0 Å². The molecule has 9 nitrogen and oxygen atoms in total. The second-order valence-corrected chi connectivity index (χ2v) is 5.12. The molecule has 24 heavy (non-hydrogen) atoms. The first-order valence-corrected chi connectivity index (χ1v) is 7.22. The minimum atomic E-state index is -1.82. The number of carbonyl (C=O) groups is 2. The summed E-state index contributed by atoms with van der Waals surface area (Å²) in [5.74, 6) is -0.960. The number of rotatable bonds is 2. The lowest BCUT2D eigenvalue weighted by atomic mass is 10.2. The predicted molar refractivity (Wildman–Crippen MR) is 86.3 cm³/mol. The number of nitrogens with zero attached hydrogens (tertiary/aromatic N) is 2. The number of nitrogens with one attached hydrogen (secondary N) is 1. The summed E-state index contributed by atoms with van der Waals surface area (Å²) in [5.41, 5.74) is 1.06. The van der Waals surface area contributed by atoms with Crippen molar-refractivity contribution in [3.8, 4) is 11.5 Å². The number of carboxylic acid groups (broad SMARTS) is 2. The zero-order valence-electron chi connectivity index (χ0n) is 13.4. The Balaban J connectivity index is 0.000000301. The Morgan fingerprint density at radius 2 is 2.08 bits per heavy atom. The van der Waals surface area contributed by atoms with E-state index in [2.05, 4.69) is 22.3 Å². The van der Waals surface area contributed by atoms with Crippen molar-refractivity contribution in [1.82, 2.24) is 5.32 Å². The Morgan fingerprint density at radius 3 is 2.62 bits per heavy atom. The van der Waals surface area contributed by atoms with Gasteiger partial charge in [-0.2, -0.15) is 0 Å². The van der Waals surface area contributed by atoms with E-state index < -0.39 is 11.9 Å². The maximum absolute atomic E-state index is 9.10. The largest absolute Gasteiger partial charge is 0.497 e. The predicted octanol–water partition coefficient (Wildman–Crippen LogP) is 0.0497. The highest BCUT2D eigenvalue weighted by Gasteiger charge is 2.28. The van der Waals surface area contributed by atoms with E-state index in [1.807, 2.05) is 18.2 Å². The Labute approximate surface area is 138 Å². The highest BCUT2D eigenvalue weighted by atomic mass is 16.5. The summed E-state index contributed by atoms with van der Waals surface area (Å²) >= 11 is 0. The SMILES string of the molecule is COc1ccc2c(c1)N(C)CC(C1=NCCN1)O2.O=C(O)C(=O)O. The fourth-order valence-corrected chi connectivity index (χ4v) is 2.33. The van der Waals surface area contributed by atoms with Crippen LogP contribution in [0.5, 0.6) is 11.5 Å². The molecule has 0 fully saturated rings. The molecule has 3 N–H and O–H groups in total. The van der Waals surface area contributed by atoms with Crippen LogP contribution in [-0.4, -0.2) is 67.9 Å². The summed E-state index contributed by atoms with van der Waals surface area (Å²) in [6, 6.07) is 5.86. The number of aliphatic carboxylic acids is 2. The van der Waals surface area contributed by atoms with Crippen LogP contribution in [0.15, 0.2) is 23.2 Å². The van der Waals surface area contributed by atoms with Crippen LogP contribution in [-0.2, 0) is 9.59 Å². The van der Waals surface area contributed by atoms with Crippen LogP contribution < -0.4 is 19.7 Å². The molecule has 0 saturated heterocycles. The van der Waals surface area contributed by atoms with E-state index in [1.54, 1.807) is 7.11 Å². The third-order valence-corrected chi connectivity index (χ3v) is 3.47. The number of hydrogen-bond acceptors (Lipinski definition) is 7. The van der Waals surface area contributed by atoms with E-state index in [-0.39, 0.29) is 6.10 Å². The van der Waals surface area contributed by atoms with Crippen LogP contribution in [0.3, 0.4) is 0 Å². The molecule has 1 aromatic carbocycles. The fraction of sp³-hybridized carbons (Fsp3) is 0.400. The van der Waals surface area contributed by atoms with Crippen molar-refractivity contribution in [1.29, 1.82) is 0 Å². The van der Waals surface area contributed by atoms with Gasteiger partial charge in [0.25, 0.3) is 0 Å². The van der Waals surface area contributed by atoms with Crippen molar-refractivity contribution < 1.29 is 29.3 Å². The Morgan fingerprint density at radius 1 is 1.38 bits per heavy atom. The number of hydrogen-bond donors (Lipinski definition) is 3. The van der Waals surface area contributed by atoms with Gasteiger partial charge in [0.05, 0.1) is 25.9 Å². The number of carboxylic acids is 2. The van der Waals surface area contributed by atoms with Crippen LogP contribution in [0.1, 0.15) is 0 Å². The Kier molecular flexibility index (Phi) is 5.46. The monoisotopic (exact) mass is 337 g/mol. The molecule has 0 radical (unpaired) electrons. The number of likely N-dealkylation sites (N-methyl/N-ethyl adjacent to an activating group) is 1. The van der Waals surface area contributed by atoms with E-state index in [1.165, 1.54) is 0 Å². The molecule has 0 saturated carbocycles. The average molecular weight is 337 g/mol. The molecule has 130 valence electrons. The molecular weight excluding hydrogens is 318 g/mol. The van der Waals surface area contributed by atoms with Gasteiger partial charge in [-0.3, -0.25) is 4.99 Å². The molecule has 1 aromatic rings. The van der Waals surface area contributed by atoms with Gasteiger partial charge in [-0.05, 0) is 12.1 Å². The van der Waals surface area contributed by atoms with Crippen molar-refractivity contribution in [2.75, 3.05) is 38.7 Å². The smallest absolute Gasteiger partial charge is 0.414 e. The van der Waals surface area contributed by atoms with Crippen LogP contribution in [0.2, 0.25) is 0 Å². The van der Waals surface area contributed by atoms with Gasteiger partial charge in [-0.25, -0.2) is 9.59 Å². The number of fused-ring (bicyclic) bond motifs is 1. The van der Waals surface area contributed by atoms with Gasteiger partial charge in [0, 0.05) is 19.7 Å². The van der Waals surface area contributed by atoms with Gasteiger partial charge >= 0.3 is 11.9 Å². The lowest BCUT2D eigenvalue weighted by Crippen LogP contribution is -2.46. The molecule has 1 unspecified atom stereocenters. The average Bonchev–Trinajstić information content (AvgIpc) is 3.09. The van der Waals surface area contributed by atoms with Gasteiger partial charge in [0.1, 0.15) is 17.3 Å². The van der Waals surface area contributed by atoms with Gasteiger partial charge in [0.2, 0.25) is 0 Å². The van der Waals surface area contributed by atoms with Crippen molar-refractivity contribution >= 4 is 23.5 Å². The molecule has 0 amide bonds. The maximum atomic E-state index is 9.10. The number of anilines is 1. The zero-order chi connectivity index (χ0) is 17.7. The third kappa shape index (κ3) is 4.06. The number of methoxy groups -OCH3 is 1. The van der Waals surface area contributed by atoms with Crippen LogP contribution in [0.25, 0.3) is 0 Å². The lowest BCUT2D eigenvalue weighted by molar-refractivity contribution is -0.159. The molecule has 2 aliphatic rings. The van der Waals surface area contributed by atoms with E-state index in [0.717, 1.165) is 42.7 Å². The molecule has 2 heterocycles. The molecule has 0 aromatic heterocycles. The van der Waals surface area contributed by atoms with Crippen LogP contribution in [0.4, 0.5) is 5.69 Å². The van der Waals surface area contributed by atoms with E-state index in [0.29, 0.717) is 0 Å². The lowest BCUT2D eigenvalue weighted by Gasteiger charge is -2.33. The second kappa shape index (κ2) is 7.53. The number of benzene rings is 1. The minimum Gasteiger partial charge on any atom is -0.497 e. The third-order valence-electron chi connectivity index (χ3n) is 3.47. The first-order valence-electron chi connectivity index (χ1n) is 7.22. The van der Waals surface area contributed by atoms with Crippen molar-refractivity contribution in [2.24, 2.45) is 4.99 Å². The number of aliphatic imine (C=N–C) groups is 1. The van der Waals surface area contributed by atoms with Gasteiger partial charge in [-0.15, -0.1) is 0 Å². The molecule has 3 rings (SSSR count). The first kappa shape index (κ1) is 17.4. The molecule has 0 aliphatic carbocycles. The molecular formula is C15H19N3O6. The summed E-state index contributed by atoms with van der Waals surface area (Å²) in [6.07, 6.45) is -0.00149. The van der Waals surface area contributed by atoms with Crippen molar-refractivity contribution in [3.05, 3.63) is 18.2 Å². The molecule has 9 heteroatoms. The standard InChI is InChI=1S/C13H17N3O2.C2H2O4/c1-16-8-12(13-14-5-6-15-13)18-11-4-3-9(17-2)7-10(11)16;3-1(4)2(5)6/h3-4,7,12H,5-6,8H2,1-2H3,(H,14,15);(H,3,4)(H,5,6). The Bertz CT molecular complexity index is 649. The van der Waals surface area contributed by atoms with Crippen molar-refractivity contribution in [2.45, 2.75) is 6.10 Å². The van der Waals surface area contributed by atoms with Crippen molar-refractivity contribution in [3.63, 3.8) is 0 Å². The molecule has 0 bridgehead atoms. The molecule has 1 atom stereocenters. The van der Waals surface area contributed by atoms with Gasteiger partial charge in [0.15, 0.2) is 6.10 Å². The Hall–Kier alpha value is -2.97. The topological polar surface area (TPSA) is 121 Å². The second-order valence-electron chi connectivity index (χ2n) is 5.12. The summed E-state index contributed by atoms with van der Waals surface area (Å²) in [7, 11) is 3.73. The highest BCUT2D eigenvalue weighted by Crippen LogP contribution is 2.35. The fourth-order valence-electron chi connectivity index (χ4n) is 2.33. The first-order chi connectivity index (χ1) is 11.4. The quantitative estimate of drug-likeness (QED) is 0.647. The number of amidine groups is 1. The van der Waals surface area contributed by atoms with Crippen LogP contribution in [0, 0.1) is 0 Å². The normalized spacial score (nSPS) is 18.2. The van der Waals surface area contributed by atoms with E-state index in [4.69, 9.17) is 29.3 Å². The summed E-state index contributed by atoms with van der Waals surface area (Å²) in [5, 5.41) is 18.1. The van der Waals surface area contributed by atoms with E-state index >= 15 is 0 Å². The van der Waals surface area contributed by atoms with Crippen LogP contribution >= 0.6 is 0 Å². The summed E-state index contributed by atoms with van der Waals surface area (Å²) in [6.45, 7) is 2.55. The maximum Gasteiger partial charge on any atom is 0.414 e. The molecule has 2 aliphatic heterocycles. The van der Waals surface area contributed by atoms with Gasteiger partial charge < -0.3 is 29.9 Å². The summed E-state index contributed by atoms with van der Waals surface area (Å²) in [4.78, 5) is 24.8. The summed E-state index contributed by atoms with van der Waals surface area (Å²) < 4.78 is 11.2. The highest BCUT2D eigenvalue weighted by molar-refractivity contribution is 6.27. The van der Waals surface area contributed by atoms with E-state index in [9.17, 15) is 0 Å².